The Balaban J connectivity index is 1.34. The van der Waals surface area contributed by atoms with Crippen LogP contribution in [0.1, 0.15) is 51.6 Å². The van der Waals surface area contributed by atoms with Crippen molar-refractivity contribution in [1.29, 1.82) is 0 Å². The van der Waals surface area contributed by atoms with Crippen molar-refractivity contribution >= 4 is 17.6 Å². The number of aromatic nitrogens is 4. The minimum Gasteiger partial charge on any atom is -0.493 e. The van der Waals surface area contributed by atoms with E-state index in [1.54, 1.807) is 22.7 Å². The van der Waals surface area contributed by atoms with E-state index in [2.05, 4.69) is 10.4 Å². The molecule has 0 spiro atoms. The first-order valence-electron chi connectivity index (χ1n) is 11.4. The number of hydrogen-bond acceptors (Lipinski definition) is 7. The standard InChI is InChI=1S/C24H30N6O3/c1-24(2,3)33-23(31)29-11-10-16(13-29)26-20-7-5-6-18(27-20)17-12-25-30-14-19(32-4)21(15-8-9-15)28-22(17)30/h5-7,12,14-16H,8-11,13H2,1-4H3,(H,26,27). The van der Waals surface area contributed by atoms with Crippen molar-refractivity contribution in [3.8, 4) is 17.0 Å². The molecule has 2 aliphatic rings. The van der Waals surface area contributed by atoms with Crippen LogP contribution in [0.5, 0.6) is 5.75 Å². The largest absolute Gasteiger partial charge is 0.493 e. The van der Waals surface area contributed by atoms with E-state index in [9.17, 15) is 4.79 Å². The molecule has 1 unspecified atom stereocenters. The molecular formula is C24H30N6O3. The van der Waals surface area contributed by atoms with Gasteiger partial charge in [-0.3, -0.25) is 0 Å². The van der Waals surface area contributed by atoms with Crippen LogP contribution in [-0.2, 0) is 4.74 Å². The molecule has 3 aromatic rings. The Bertz CT molecular complexity index is 1180. The predicted molar refractivity (Wildman–Crippen MR) is 125 cm³/mol. The number of hydrogen-bond donors (Lipinski definition) is 1. The van der Waals surface area contributed by atoms with E-state index in [-0.39, 0.29) is 12.1 Å². The lowest BCUT2D eigenvalue weighted by molar-refractivity contribution is 0.0293. The lowest BCUT2D eigenvalue weighted by Crippen LogP contribution is -2.36. The van der Waals surface area contributed by atoms with Gasteiger partial charge in [-0.05, 0) is 52.2 Å². The maximum absolute atomic E-state index is 12.4. The topological polar surface area (TPSA) is 93.9 Å². The third-order valence-corrected chi connectivity index (χ3v) is 5.89. The molecule has 1 atom stereocenters. The van der Waals surface area contributed by atoms with Crippen LogP contribution < -0.4 is 10.1 Å². The smallest absolute Gasteiger partial charge is 0.410 e. The summed E-state index contributed by atoms with van der Waals surface area (Å²) in [5.41, 5.74) is 2.96. The number of fused-ring (bicyclic) bond motifs is 1. The molecule has 9 heteroatoms. The number of anilines is 1. The molecule has 2 fully saturated rings. The average Bonchev–Trinajstić information content (AvgIpc) is 3.36. The van der Waals surface area contributed by atoms with Gasteiger partial charge in [0, 0.05) is 25.0 Å². The van der Waals surface area contributed by atoms with Crippen LogP contribution in [0.4, 0.5) is 10.6 Å². The molecule has 174 valence electrons. The Morgan fingerprint density at radius 3 is 2.73 bits per heavy atom. The minimum absolute atomic E-state index is 0.119. The monoisotopic (exact) mass is 450 g/mol. The summed E-state index contributed by atoms with van der Waals surface area (Å²) in [5, 5.41) is 7.94. The van der Waals surface area contributed by atoms with Crippen molar-refractivity contribution < 1.29 is 14.3 Å². The van der Waals surface area contributed by atoms with Gasteiger partial charge in [0.05, 0.1) is 36.5 Å². The van der Waals surface area contributed by atoms with Crippen molar-refractivity contribution in [3.05, 3.63) is 36.3 Å². The minimum atomic E-state index is -0.496. The Kier molecular flexibility index (Phi) is 5.34. The molecule has 1 saturated heterocycles. The zero-order chi connectivity index (χ0) is 23.2. The molecule has 4 heterocycles. The maximum Gasteiger partial charge on any atom is 0.410 e. The van der Waals surface area contributed by atoms with Crippen LogP contribution in [0.3, 0.4) is 0 Å². The van der Waals surface area contributed by atoms with Crippen molar-refractivity contribution in [2.45, 2.75) is 57.6 Å². The molecule has 1 aliphatic carbocycles. The lowest BCUT2D eigenvalue weighted by atomic mass is 10.2. The fraction of sp³-hybridized carbons (Fsp3) is 0.500. The van der Waals surface area contributed by atoms with E-state index in [4.69, 9.17) is 19.4 Å². The number of nitrogens with one attached hydrogen (secondary N) is 1. The van der Waals surface area contributed by atoms with Crippen LogP contribution in [0.2, 0.25) is 0 Å². The summed E-state index contributed by atoms with van der Waals surface area (Å²) >= 11 is 0. The molecule has 1 saturated carbocycles. The maximum atomic E-state index is 12.4. The third-order valence-electron chi connectivity index (χ3n) is 5.89. The van der Waals surface area contributed by atoms with Gasteiger partial charge in [-0.25, -0.2) is 19.3 Å². The van der Waals surface area contributed by atoms with Gasteiger partial charge >= 0.3 is 6.09 Å². The van der Waals surface area contributed by atoms with Gasteiger partial charge in [-0.15, -0.1) is 0 Å². The summed E-state index contributed by atoms with van der Waals surface area (Å²) in [7, 11) is 1.67. The summed E-state index contributed by atoms with van der Waals surface area (Å²) in [4.78, 5) is 23.8. The van der Waals surface area contributed by atoms with Gasteiger partial charge in [0.2, 0.25) is 0 Å². The number of methoxy groups -OCH3 is 1. The third kappa shape index (κ3) is 4.58. The molecule has 33 heavy (non-hydrogen) atoms. The highest BCUT2D eigenvalue weighted by Gasteiger charge is 2.31. The molecule has 1 amide bonds. The molecule has 1 N–H and O–H groups in total. The fourth-order valence-electron chi connectivity index (χ4n) is 4.14. The van der Waals surface area contributed by atoms with E-state index in [1.807, 2.05) is 45.2 Å². The van der Waals surface area contributed by atoms with E-state index < -0.39 is 5.60 Å². The Hall–Kier alpha value is -3.36. The first-order valence-corrected chi connectivity index (χ1v) is 11.4. The van der Waals surface area contributed by atoms with Gasteiger partial charge in [-0.2, -0.15) is 5.10 Å². The van der Waals surface area contributed by atoms with Crippen LogP contribution in [-0.4, -0.2) is 62.4 Å². The fourth-order valence-corrected chi connectivity index (χ4v) is 4.14. The SMILES string of the molecule is COc1cn2ncc(-c3cccc(NC4CCN(C(=O)OC(C)(C)C)C4)n3)c2nc1C1CC1. The second-order valence-electron chi connectivity index (χ2n) is 9.76. The van der Waals surface area contributed by atoms with Crippen LogP contribution >= 0.6 is 0 Å². The Morgan fingerprint density at radius 2 is 2.00 bits per heavy atom. The Labute approximate surface area is 193 Å². The first-order chi connectivity index (χ1) is 15.8. The van der Waals surface area contributed by atoms with E-state index >= 15 is 0 Å². The highest BCUT2D eigenvalue weighted by atomic mass is 16.6. The first kappa shape index (κ1) is 21.5. The molecular weight excluding hydrogens is 420 g/mol. The molecule has 3 aromatic heterocycles. The van der Waals surface area contributed by atoms with Crippen LogP contribution in [0.15, 0.2) is 30.6 Å². The van der Waals surface area contributed by atoms with Gasteiger partial charge < -0.3 is 19.7 Å². The number of carbonyl (C=O) groups excluding carboxylic acids is 1. The number of likely N-dealkylation sites (tertiary alicyclic amines) is 1. The van der Waals surface area contributed by atoms with Gasteiger partial charge in [-0.1, -0.05) is 6.07 Å². The predicted octanol–water partition coefficient (Wildman–Crippen LogP) is 4.10. The number of pyridine rings is 1. The number of rotatable bonds is 5. The summed E-state index contributed by atoms with van der Waals surface area (Å²) in [6.07, 6.45) is 6.54. The van der Waals surface area contributed by atoms with Gasteiger partial charge in [0.25, 0.3) is 0 Å². The molecule has 9 nitrogen and oxygen atoms in total. The highest BCUT2D eigenvalue weighted by Crippen LogP contribution is 2.43. The van der Waals surface area contributed by atoms with E-state index in [1.165, 1.54) is 0 Å². The molecule has 5 rings (SSSR count). The molecule has 0 aromatic carbocycles. The van der Waals surface area contributed by atoms with Crippen molar-refractivity contribution in [2.24, 2.45) is 0 Å². The highest BCUT2D eigenvalue weighted by molar-refractivity contribution is 5.75. The summed E-state index contributed by atoms with van der Waals surface area (Å²) in [5.74, 6) is 2.00. The zero-order valence-corrected chi connectivity index (χ0v) is 19.5. The zero-order valence-electron chi connectivity index (χ0n) is 19.5. The van der Waals surface area contributed by atoms with Crippen LogP contribution in [0.25, 0.3) is 16.9 Å². The lowest BCUT2D eigenvalue weighted by Gasteiger charge is -2.24. The molecule has 0 bridgehead atoms. The number of amides is 1. The number of nitrogens with zero attached hydrogens (tertiary/aromatic N) is 5. The number of carbonyl (C=O) groups is 1. The number of ether oxygens (including phenoxy) is 2. The second kappa shape index (κ2) is 8.20. The normalized spacial score (nSPS) is 18.5. The van der Waals surface area contributed by atoms with Crippen molar-refractivity contribution in [3.63, 3.8) is 0 Å². The summed E-state index contributed by atoms with van der Waals surface area (Å²) < 4.78 is 12.8. The molecule has 1 aliphatic heterocycles. The molecule has 0 radical (unpaired) electrons. The average molecular weight is 451 g/mol. The van der Waals surface area contributed by atoms with Gasteiger partial charge in [0.1, 0.15) is 11.4 Å². The van der Waals surface area contributed by atoms with Crippen molar-refractivity contribution in [2.75, 3.05) is 25.5 Å². The van der Waals surface area contributed by atoms with Crippen LogP contribution in [0, 0.1) is 0 Å². The quantitative estimate of drug-likeness (QED) is 0.625. The van der Waals surface area contributed by atoms with E-state index in [0.717, 1.165) is 53.4 Å². The van der Waals surface area contributed by atoms with Gasteiger partial charge in [0.15, 0.2) is 11.4 Å². The van der Waals surface area contributed by atoms with E-state index in [0.29, 0.717) is 19.0 Å². The summed E-state index contributed by atoms with van der Waals surface area (Å²) in [6, 6.07) is 6.00. The second-order valence-corrected chi connectivity index (χ2v) is 9.76. The Morgan fingerprint density at radius 1 is 1.18 bits per heavy atom. The summed E-state index contributed by atoms with van der Waals surface area (Å²) in [6.45, 7) is 6.89. The van der Waals surface area contributed by atoms with Crippen molar-refractivity contribution in [1.82, 2.24) is 24.5 Å².